The first kappa shape index (κ1) is 98.4. The van der Waals surface area contributed by atoms with Crippen LogP contribution in [0.2, 0.25) is 0 Å². The van der Waals surface area contributed by atoms with Crippen molar-refractivity contribution in [2.75, 3.05) is 6.54 Å². The lowest BCUT2D eigenvalue weighted by Crippen LogP contribution is -2.32. The second-order valence-electron chi connectivity index (χ2n) is 29.8. The average molecular weight is 1830 g/mol. The van der Waals surface area contributed by atoms with Gasteiger partial charge in [-0.15, -0.1) is 0 Å². The van der Waals surface area contributed by atoms with Crippen molar-refractivity contribution >= 4 is 81.4 Å². The van der Waals surface area contributed by atoms with Gasteiger partial charge in [0.15, 0.2) is 91.2 Å². The van der Waals surface area contributed by atoms with Crippen molar-refractivity contribution < 1.29 is 54.8 Å². The molecule has 16 heterocycles. The van der Waals surface area contributed by atoms with Gasteiger partial charge in [-0.1, -0.05) is 118 Å². The average Bonchev–Trinajstić information content (AvgIpc) is 0.775. The Balaban J connectivity index is 0.000000157. The van der Waals surface area contributed by atoms with Gasteiger partial charge in [-0.2, -0.15) is 0 Å². The molecule has 0 saturated heterocycles. The summed E-state index contributed by atoms with van der Waals surface area (Å²) in [5, 5.41) is 81.6. The monoisotopic (exact) mass is 1830 g/mol. The van der Waals surface area contributed by atoms with Gasteiger partial charge in [0.2, 0.25) is 0 Å². The maximum atomic E-state index is 12.8. The molecule has 0 radical (unpaired) electrons. The number of halogens is 1. The number of hydrogen-bond acceptors (Lipinski definition) is 26. The quantitative estimate of drug-likeness (QED) is 0.0282. The summed E-state index contributed by atoms with van der Waals surface area (Å²) in [6.45, 7) is 16.7. The van der Waals surface area contributed by atoms with Crippen LogP contribution in [0.25, 0.3) is 45.2 Å². The van der Waals surface area contributed by atoms with E-state index in [1.807, 2.05) is 53.9 Å². The molecule has 0 bridgehead atoms. The van der Waals surface area contributed by atoms with E-state index < -0.39 is 22.9 Å². The molecular weight excluding hydrogens is 1730 g/mol. The molecule has 10 N–H and O–H groups in total. The Kier molecular flexibility index (Phi) is 34.9. The highest BCUT2D eigenvalue weighted by Gasteiger charge is 2.19. The number of aromatic hydroxyl groups is 8. The number of rotatable bonds is 18. The standard InChI is InChI=1S/C16H12FN3O3.C13H15N3O3.C12H14N2O2.C12H14N2OS.2C11H12N2O2.C10H10N2O2.C10H10N2OS/c17-11-5-3-10(4-6-11)8-19-15(22)12-9-18-14-13(21)2-1-7-20(14)16(12)23;1-2-3-6-14-12(18)9-8-15-11-10(17)5-4-7-16(11)13(9)19;2*1-2-3-5-9-8-13-11-10(15)6-4-7-14(11)12(9)16;1-7(2)8-6-12-10-9(14)4-3-5-13(10)11(8)15;1-2-4-8-7-12-10-9(14)5-3-6-13(10)11(8)15;2*1-2-7-6-11-9-8(13)4-3-5-12(9)10(7)14/h1-7,9,21H,8H2,(H,19,22);4-5,7-8,17H,2-3,6H2,1H3,(H,14,18);2*4,6-8,15H,2-3,5H2,1H3;3-7,14H,1-2H3;3,5-7,14H,2,4H2,1H3;2*3-6,13H,2H2,1H3. The molecule has 132 heavy (non-hydrogen) atoms. The summed E-state index contributed by atoms with van der Waals surface area (Å²) in [6.07, 6.45) is 35.8. The maximum absolute atomic E-state index is 12.8. The minimum Gasteiger partial charge on any atom is -0.504 e. The molecule has 17 aromatic rings. The zero-order valence-electron chi connectivity index (χ0n) is 73.5. The summed E-state index contributed by atoms with van der Waals surface area (Å²) in [7, 11) is 0. The van der Waals surface area contributed by atoms with Crippen LogP contribution in [0.4, 0.5) is 4.39 Å². The number of amides is 2. The molecule has 37 heteroatoms. The predicted octanol–water partition coefficient (Wildman–Crippen LogP) is 13.4. The van der Waals surface area contributed by atoms with Gasteiger partial charge in [-0.3, -0.25) is 73.6 Å². The number of nitrogens with zero attached hydrogens (tertiary/aromatic N) is 16. The van der Waals surface area contributed by atoms with E-state index in [9.17, 15) is 83.6 Å². The molecule has 0 saturated carbocycles. The molecule has 16 aromatic heterocycles. The summed E-state index contributed by atoms with van der Waals surface area (Å²) >= 11 is 10.6. The van der Waals surface area contributed by atoms with E-state index in [1.165, 1.54) is 109 Å². The van der Waals surface area contributed by atoms with Crippen LogP contribution in [0, 0.1) is 15.1 Å². The molecule has 0 spiro atoms. The molecular formula is C95H99FN18O16S2. The van der Waals surface area contributed by atoms with Gasteiger partial charge in [0.05, 0.1) is 0 Å². The van der Waals surface area contributed by atoms with Gasteiger partial charge in [0, 0.05) is 146 Å². The number of fused-ring (bicyclic) bond motifs is 8. The fraction of sp³-hybridized carbons (Fsp3) is 0.242. The second kappa shape index (κ2) is 46.8. The zero-order chi connectivity index (χ0) is 95.4. The Morgan fingerprint density at radius 3 is 0.985 bits per heavy atom. The van der Waals surface area contributed by atoms with Crippen LogP contribution < -0.4 is 44.0 Å². The Hall–Kier alpha value is -15.8. The van der Waals surface area contributed by atoms with Crippen LogP contribution in [-0.2, 0) is 38.6 Å². The zero-order valence-corrected chi connectivity index (χ0v) is 75.1. The van der Waals surface area contributed by atoms with Crippen molar-refractivity contribution in [2.45, 2.75) is 145 Å². The SMILES string of the molecule is CC(C)c1cnc2c(O)cccn2c1=O.CCCCNC(=O)c1cnc2c(O)cccn2c1=O.CCCCc1cnc2c(O)cccn2c1=O.CCCCc1cnc2c(O)cccn2c1=S.CCCc1cnc2c(O)cccn2c1=O.CCc1cnc2c(O)cccn2c1=O.CCc1cnc2c(O)cccn2c1=S.O=C(NCc1ccc(F)cc1)c1cnc2c(O)cccn2c1=O. The maximum Gasteiger partial charge on any atom is 0.270 e. The number of unbranched alkanes of at least 4 members (excludes halogenated alkanes) is 3. The minimum atomic E-state index is -0.593. The lowest BCUT2D eigenvalue weighted by molar-refractivity contribution is 0.0941. The molecule has 0 unspecified atom stereocenters. The van der Waals surface area contributed by atoms with E-state index >= 15 is 0 Å². The minimum absolute atomic E-state index is 0.0184. The van der Waals surface area contributed by atoms with Crippen molar-refractivity contribution in [1.82, 2.24) is 85.7 Å². The lowest BCUT2D eigenvalue weighted by Gasteiger charge is -2.07. The van der Waals surface area contributed by atoms with Gasteiger partial charge in [0.25, 0.3) is 45.2 Å². The summed E-state index contributed by atoms with van der Waals surface area (Å²) in [5.74, 6) is -1.11. The van der Waals surface area contributed by atoms with Crippen LogP contribution in [0.5, 0.6) is 46.0 Å². The van der Waals surface area contributed by atoms with Crippen LogP contribution in [-0.4, -0.2) is 134 Å². The number of aryl methyl sites for hydroxylation is 5. The van der Waals surface area contributed by atoms with Gasteiger partial charge < -0.3 is 51.5 Å². The third kappa shape index (κ3) is 24.0. The Morgan fingerprint density at radius 1 is 0.333 bits per heavy atom. The fourth-order valence-corrected chi connectivity index (χ4v) is 13.7. The van der Waals surface area contributed by atoms with Gasteiger partial charge in [-0.25, -0.2) is 44.3 Å². The molecule has 17 rings (SSSR count). The van der Waals surface area contributed by atoms with E-state index in [0.717, 1.165) is 95.0 Å². The molecule has 2 amide bonds. The molecule has 0 fully saturated rings. The van der Waals surface area contributed by atoms with Crippen LogP contribution in [0.15, 0.2) is 249 Å². The number of aromatic nitrogens is 16. The topological polar surface area (TPSA) is 461 Å². The summed E-state index contributed by atoms with van der Waals surface area (Å²) in [6, 6.07) is 30.8. The van der Waals surface area contributed by atoms with Crippen molar-refractivity contribution in [1.29, 1.82) is 0 Å². The number of carbonyl (C=O) groups excluding carboxylic acids is 2. The first-order valence-corrected chi connectivity index (χ1v) is 43.1. The van der Waals surface area contributed by atoms with E-state index in [2.05, 4.69) is 64.4 Å². The van der Waals surface area contributed by atoms with Gasteiger partial charge in [-0.05, 0) is 172 Å². The number of hydrogen-bond donors (Lipinski definition) is 10. The number of carbonyl (C=O) groups is 2. The molecule has 0 aliphatic rings. The number of nitrogens with one attached hydrogen (secondary N) is 2. The normalized spacial score (nSPS) is 10.7. The lowest BCUT2D eigenvalue weighted by atomic mass is 10.1. The Labute approximate surface area is 762 Å². The van der Waals surface area contributed by atoms with Crippen molar-refractivity contribution in [2.24, 2.45) is 0 Å². The van der Waals surface area contributed by atoms with Crippen LogP contribution in [0.3, 0.4) is 0 Å². The third-order valence-electron chi connectivity index (χ3n) is 20.2. The second-order valence-corrected chi connectivity index (χ2v) is 30.6. The van der Waals surface area contributed by atoms with Crippen molar-refractivity contribution in [3.05, 3.63) is 348 Å². The van der Waals surface area contributed by atoms with E-state index in [1.54, 1.807) is 119 Å². The largest absolute Gasteiger partial charge is 0.504 e. The molecule has 0 aliphatic heterocycles. The van der Waals surface area contributed by atoms with Crippen LogP contribution >= 0.6 is 24.4 Å². The van der Waals surface area contributed by atoms with E-state index in [0.29, 0.717) is 85.7 Å². The highest BCUT2D eigenvalue weighted by Crippen LogP contribution is 2.23. The van der Waals surface area contributed by atoms with Gasteiger partial charge in [0.1, 0.15) is 26.2 Å². The molecule has 34 nitrogen and oxygen atoms in total. The first-order chi connectivity index (χ1) is 63.5. The highest BCUT2D eigenvalue weighted by molar-refractivity contribution is 7.71. The van der Waals surface area contributed by atoms with Gasteiger partial charge >= 0.3 is 0 Å². The van der Waals surface area contributed by atoms with Crippen LogP contribution in [0.1, 0.15) is 166 Å². The fourth-order valence-electron chi connectivity index (χ4n) is 13.0. The van der Waals surface area contributed by atoms with Crippen molar-refractivity contribution in [3.63, 3.8) is 0 Å². The Bertz CT molecular complexity index is 7330. The summed E-state index contributed by atoms with van der Waals surface area (Å²) < 4.78 is 25.5. The van der Waals surface area contributed by atoms with E-state index in [-0.39, 0.29) is 109 Å². The third-order valence-corrected chi connectivity index (χ3v) is 21.2. The molecule has 0 aliphatic carbocycles. The summed E-state index contributed by atoms with van der Waals surface area (Å²) in [4.78, 5) is 128. The highest BCUT2D eigenvalue weighted by atomic mass is 32.1. The van der Waals surface area contributed by atoms with E-state index in [4.69, 9.17) is 24.4 Å². The molecule has 0 atom stereocenters. The number of benzene rings is 1. The molecule has 684 valence electrons. The smallest absolute Gasteiger partial charge is 0.270 e. The number of pyridine rings is 8. The first-order valence-electron chi connectivity index (χ1n) is 42.3. The van der Waals surface area contributed by atoms with Crippen molar-refractivity contribution in [3.8, 4) is 46.0 Å². The predicted molar refractivity (Wildman–Crippen MR) is 503 cm³/mol. The summed E-state index contributed by atoms with van der Waals surface area (Å²) in [5.41, 5.74) is 6.26. The Morgan fingerprint density at radius 2 is 0.621 bits per heavy atom. The molecule has 1 aromatic carbocycles.